The molecule has 6 heteroatoms. The highest BCUT2D eigenvalue weighted by Gasteiger charge is 2.51. The summed E-state index contributed by atoms with van der Waals surface area (Å²) in [6, 6.07) is -0.614. The Kier molecular flexibility index (Phi) is 4.92. The Balaban J connectivity index is 1.42. The Morgan fingerprint density at radius 3 is 2.21 bits per heavy atom. The van der Waals surface area contributed by atoms with Crippen molar-refractivity contribution >= 4 is 17.9 Å². The number of hydrogen-bond donors (Lipinski definition) is 2. The van der Waals surface area contributed by atoms with Crippen LogP contribution in [0, 0.1) is 23.2 Å². The molecule has 0 saturated heterocycles. The molecular weight excluding hydrogens is 308 g/mol. The Hall–Kier alpha value is -1.85. The first-order valence-electron chi connectivity index (χ1n) is 8.82. The summed E-state index contributed by atoms with van der Waals surface area (Å²) < 4.78 is 5.10. The lowest BCUT2D eigenvalue weighted by atomic mass is 9.49. The highest BCUT2D eigenvalue weighted by Crippen LogP contribution is 2.61. The molecule has 0 unspecified atom stereocenters. The van der Waals surface area contributed by atoms with Gasteiger partial charge in [0, 0.05) is 6.54 Å². The minimum atomic E-state index is -0.615. The van der Waals surface area contributed by atoms with E-state index in [9.17, 15) is 14.4 Å². The molecule has 3 amide bonds. The minimum absolute atomic E-state index is 0.101. The third-order valence-corrected chi connectivity index (χ3v) is 5.71. The second-order valence-corrected chi connectivity index (χ2v) is 7.80. The van der Waals surface area contributed by atoms with Gasteiger partial charge in [0.2, 0.25) is 0 Å². The molecule has 0 aromatic carbocycles. The predicted octanol–water partition coefficient (Wildman–Crippen LogP) is 2.15. The Morgan fingerprint density at radius 1 is 1.08 bits per heavy atom. The van der Waals surface area contributed by atoms with Gasteiger partial charge < -0.3 is 10.1 Å². The first-order chi connectivity index (χ1) is 11.5. The number of ether oxygens (including phenoxy) is 1. The normalized spacial score (nSPS) is 32.9. The zero-order valence-electron chi connectivity index (χ0n) is 14.0. The predicted molar refractivity (Wildman–Crippen MR) is 87.9 cm³/mol. The van der Waals surface area contributed by atoms with Crippen molar-refractivity contribution in [2.45, 2.75) is 44.9 Å². The lowest BCUT2D eigenvalue weighted by Gasteiger charge is -2.56. The fourth-order valence-electron chi connectivity index (χ4n) is 5.38. The molecule has 0 aliphatic heterocycles. The van der Waals surface area contributed by atoms with E-state index in [1.165, 1.54) is 25.3 Å². The Bertz CT molecular complexity index is 508. The molecule has 6 nitrogen and oxygen atoms in total. The molecule has 4 aliphatic rings. The SMILES string of the molecule is C=CCNC(=O)NC(=O)COC(=O)CC12CC3CC(CC(C3)C1)C2. The van der Waals surface area contributed by atoms with Crippen molar-refractivity contribution in [2.75, 3.05) is 13.2 Å². The van der Waals surface area contributed by atoms with Crippen LogP contribution < -0.4 is 10.6 Å². The van der Waals surface area contributed by atoms with Crippen molar-refractivity contribution < 1.29 is 19.1 Å². The van der Waals surface area contributed by atoms with E-state index >= 15 is 0 Å². The average molecular weight is 334 g/mol. The lowest BCUT2D eigenvalue weighted by molar-refractivity contribution is -0.155. The minimum Gasteiger partial charge on any atom is -0.456 e. The van der Waals surface area contributed by atoms with Gasteiger partial charge in [-0.2, -0.15) is 0 Å². The molecule has 0 aromatic rings. The molecule has 132 valence electrons. The largest absolute Gasteiger partial charge is 0.456 e. The molecule has 0 aromatic heterocycles. The van der Waals surface area contributed by atoms with Gasteiger partial charge in [0.25, 0.3) is 5.91 Å². The Labute approximate surface area is 142 Å². The summed E-state index contributed by atoms with van der Waals surface area (Å²) in [4.78, 5) is 35.1. The summed E-state index contributed by atoms with van der Waals surface area (Å²) in [5.74, 6) is 1.40. The molecular formula is C18H26N2O4. The maximum absolute atomic E-state index is 12.2. The van der Waals surface area contributed by atoms with E-state index in [-0.39, 0.29) is 17.9 Å². The molecule has 4 saturated carbocycles. The van der Waals surface area contributed by atoms with Crippen LogP contribution in [-0.2, 0) is 14.3 Å². The van der Waals surface area contributed by atoms with Crippen LogP contribution in [0.1, 0.15) is 44.9 Å². The summed E-state index contributed by atoms with van der Waals surface area (Å²) >= 11 is 0. The van der Waals surface area contributed by atoms with E-state index < -0.39 is 18.5 Å². The molecule has 4 rings (SSSR count). The van der Waals surface area contributed by atoms with E-state index in [0.717, 1.165) is 37.0 Å². The third kappa shape index (κ3) is 3.97. The smallest absolute Gasteiger partial charge is 0.321 e. The highest BCUT2D eigenvalue weighted by atomic mass is 16.5. The number of nitrogens with one attached hydrogen (secondary N) is 2. The van der Waals surface area contributed by atoms with Crippen LogP contribution in [0.15, 0.2) is 12.7 Å². The molecule has 4 bridgehead atoms. The van der Waals surface area contributed by atoms with E-state index in [1.54, 1.807) is 0 Å². The second kappa shape index (κ2) is 6.95. The average Bonchev–Trinajstić information content (AvgIpc) is 2.49. The fourth-order valence-corrected chi connectivity index (χ4v) is 5.38. The molecule has 2 N–H and O–H groups in total. The van der Waals surface area contributed by atoms with E-state index in [4.69, 9.17) is 4.74 Å². The van der Waals surface area contributed by atoms with E-state index in [2.05, 4.69) is 17.2 Å². The van der Waals surface area contributed by atoms with Gasteiger partial charge in [0.15, 0.2) is 6.61 Å². The van der Waals surface area contributed by atoms with Crippen molar-refractivity contribution in [3.05, 3.63) is 12.7 Å². The van der Waals surface area contributed by atoms with Gasteiger partial charge >= 0.3 is 12.0 Å². The first-order valence-corrected chi connectivity index (χ1v) is 8.82. The van der Waals surface area contributed by atoms with Crippen molar-refractivity contribution in [2.24, 2.45) is 23.2 Å². The van der Waals surface area contributed by atoms with Gasteiger partial charge in [-0.1, -0.05) is 6.08 Å². The third-order valence-electron chi connectivity index (χ3n) is 5.71. The molecule has 24 heavy (non-hydrogen) atoms. The topological polar surface area (TPSA) is 84.5 Å². The van der Waals surface area contributed by atoms with Gasteiger partial charge in [0.1, 0.15) is 0 Å². The zero-order valence-corrected chi connectivity index (χ0v) is 14.0. The van der Waals surface area contributed by atoms with Gasteiger partial charge in [-0.25, -0.2) is 4.79 Å². The maximum atomic E-state index is 12.2. The fraction of sp³-hybridized carbons (Fsp3) is 0.722. The number of hydrogen-bond acceptors (Lipinski definition) is 4. The van der Waals surface area contributed by atoms with Gasteiger partial charge in [-0.3, -0.25) is 14.9 Å². The Morgan fingerprint density at radius 2 is 1.67 bits per heavy atom. The number of imide groups is 1. The van der Waals surface area contributed by atoms with Crippen molar-refractivity contribution in [3.63, 3.8) is 0 Å². The van der Waals surface area contributed by atoms with Crippen LogP contribution in [0.5, 0.6) is 0 Å². The summed E-state index contributed by atoms with van der Waals surface area (Å²) in [7, 11) is 0. The van der Waals surface area contributed by atoms with Gasteiger partial charge in [-0.05, 0) is 61.7 Å². The molecule has 4 fully saturated rings. The quantitative estimate of drug-likeness (QED) is 0.576. The molecule has 0 heterocycles. The maximum Gasteiger partial charge on any atom is 0.321 e. The second-order valence-electron chi connectivity index (χ2n) is 7.80. The first kappa shape index (κ1) is 17.0. The number of carbonyl (C=O) groups is 3. The van der Waals surface area contributed by atoms with Crippen LogP contribution in [0.4, 0.5) is 4.79 Å². The van der Waals surface area contributed by atoms with Crippen LogP contribution in [0.3, 0.4) is 0 Å². The number of urea groups is 1. The standard InChI is InChI=1S/C18H26N2O4/c1-2-3-19-17(23)20-15(21)11-24-16(22)10-18-7-12-4-13(8-18)6-14(5-12)9-18/h2,12-14H,1,3-11H2,(H2,19,20,21,23). The van der Waals surface area contributed by atoms with Crippen LogP contribution in [-0.4, -0.2) is 31.1 Å². The van der Waals surface area contributed by atoms with Crippen LogP contribution in [0.25, 0.3) is 0 Å². The molecule has 0 spiro atoms. The zero-order chi connectivity index (χ0) is 17.2. The highest BCUT2D eigenvalue weighted by molar-refractivity contribution is 5.95. The summed E-state index contributed by atoms with van der Waals surface area (Å²) in [5, 5.41) is 4.54. The molecule has 0 atom stereocenters. The number of esters is 1. The number of amides is 3. The van der Waals surface area contributed by atoms with Crippen LogP contribution in [0.2, 0.25) is 0 Å². The molecule has 4 aliphatic carbocycles. The van der Waals surface area contributed by atoms with Crippen molar-refractivity contribution in [1.29, 1.82) is 0 Å². The number of carbonyl (C=O) groups excluding carboxylic acids is 3. The van der Waals surface area contributed by atoms with E-state index in [1.807, 2.05) is 0 Å². The lowest BCUT2D eigenvalue weighted by Crippen LogP contribution is -2.47. The van der Waals surface area contributed by atoms with Crippen molar-refractivity contribution in [3.8, 4) is 0 Å². The van der Waals surface area contributed by atoms with Gasteiger partial charge in [0.05, 0.1) is 6.42 Å². The summed E-state index contributed by atoms with van der Waals surface area (Å²) in [6.45, 7) is 3.32. The number of rotatable bonds is 6. The summed E-state index contributed by atoms with van der Waals surface area (Å²) in [5.41, 5.74) is 0.101. The van der Waals surface area contributed by atoms with Crippen molar-refractivity contribution in [1.82, 2.24) is 10.6 Å². The molecule has 0 radical (unpaired) electrons. The van der Waals surface area contributed by atoms with E-state index in [0.29, 0.717) is 6.42 Å². The monoisotopic (exact) mass is 334 g/mol. The van der Waals surface area contributed by atoms with Gasteiger partial charge in [-0.15, -0.1) is 6.58 Å². The van der Waals surface area contributed by atoms with Crippen LogP contribution >= 0.6 is 0 Å². The summed E-state index contributed by atoms with van der Waals surface area (Å²) in [6.07, 6.45) is 9.30.